The molecular weight excluding hydrogens is 294 g/mol. The minimum Gasteiger partial charge on any atom is -0.304 e. The van der Waals surface area contributed by atoms with E-state index in [1.165, 1.54) is 84.5 Å². The van der Waals surface area contributed by atoms with Crippen LogP contribution in [-0.2, 0) is 0 Å². The normalized spacial score (nSPS) is 37.2. The SMILES string of the molecule is CC(C)CC1(CN2C[C@H]3CC[C@@H](C2)[C@H]3CN2CCN(C)CC2)CC1. The molecule has 0 aromatic rings. The van der Waals surface area contributed by atoms with E-state index < -0.39 is 0 Å². The van der Waals surface area contributed by atoms with Crippen LogP contribution >= 0.6 is 0 Å². The molecule has 3 nitrogen and oxygen atoms in total. The Morgan fingerprint density at radius 3 is 2.08 bits per heavy atom. The van der Waals surface area contributed by atoms with Gasteiger partial charge in [-0.3, -0.25) is 0 Å². The van der Waals surface area contributed by atoms with Crippen molar-refractivity contribution in [3.63, 3.8) is 0 Å². The molecule has 138 valence electrons. The second-order valence-electron chi connectivity index (χ2n) is 10.2. The molecule has 0 N–H and O–H groups in total. The van der Waals surface area contributed by atoms with E-state index in [9.17, 15) is 0 Å². The smallest absolute Gasteiger partial charge is 0.0110 e. The van der Waals surface area contributed by atoms with Crippen molar-refractivity contribution in [1.29, 1.82) is 0 Å². The summed E-state index contributed by atoms with van der Waals surface area (Å²) in [7, 11) is 2.27. The molecule has 3 heteroatoms. The molecular formula is C21H39N3. The maximum atomic E-state index is 2.89. The van der Waals surface area contributed by atoms with Crippen molar-refractivity contribution in [3.8, 4) is 0 Å². The molecule has 0 amide bonds. The predicted octanol–water partition coefficient (Wildman–Crippen LogP) is 3.02. The number of rotatable bonds is 6. The zero-order chi connectivity index (χ0) is 16.7. The van der Waals surface area contributed by atoms with Crippen LogP contribution in [0.2, 0.25) is 0 Å². The molecule has 2 heterocycles. The largest absolute Gasteiger partial charge is 0.304 e. The molecule has 2 aliphatic carbocycles. The number of piperazine rings is 1. The van der Waals surface area contributed by atoms with Gasteiger partial charge in [0.05, 0.1) is 0 Å². The van der Waals surface area contributed by atoms with Crippen molar-refractivity contribution < 1.29 is 0 Å². The molecule has 3 atom stereocenters. The van der Waals surface area contributed by atoms with E-state index in [1.807, 2.05) is 0 Å². The summed E-state index contributed by atoms with van der Waals surface area (Å²) in [5.41, 5.74) is 0.720. The fraction of sp³-hybridized carbons (Fsp3) is 1.00. The molecule has 2 saturated heterocycles. The van der Waals surface area contributed by atoms with E-state index in [2.05, 4.69) is 35.6 Å². The molecule has 4 rings (SSSR count). The van der Waals surface area contributed by atoms with Gasteiger partial charge in [0, 0.05) is 52.4 Å². The average Bonchev–Trinajstić information content (AvgIpc) is 3.22. The highest BCUT2D eigenvalue weighted by atomic mass is 15.2. The summed E-state index contributed by atoms with van der Waals surface area (Å²) in [6, 6.07) is 0. The van der Waals surface area contributed by atoms with Gasteiger partial charge in [0.15, 0.2) is 0 Å². The number of hydrogen-bond acceptors (Lipinski definition) is 3. The molecule has 0 aromatic heterocycles. The van der Waals surface area contributed by atoms with Crippen LogP contribution in [-0.4, -0.2) is 74.1 Å². The first-order chi connectivity index (χ1) is 11.5. The number of likely N-dealkylation sites (tertiary alicyclic amines) is 1. The fourth-order valence-electron chi connectivity index (χ4n) is 6.13. The minimum absolute atomic E-state index is 0.720. The lowest BCUT2D eigenvalue weighted by atomic mass is 9.83. The van der Waals surface area contributed by atoms with Crippen molar-refractivity contribution in [1.82, 2.24) is 14.7 Å². The maximum Gasteiger partial charge on any atom is 0.0110 e. The third-order valence-electron chi connectivity index (χ3n) is 7.53. The summed E-state index contributed by atoms with van der Waals surface area (Å²) in [6.45, 7) is 15.6. The molecule has 0 radical (unpaired) electrons. The highest BCUT2D eigenvalue weighted by Crippen LogP contribution is 2.52. The number of fused-ring (bicyclic) bond motifs is 2. The first kappa shape index (κ1) is 17.3. The Bertz CT molecular complexity index is 409. The standard InChI is InChI=1S/C21H39N3/c1-17(2)12-21(6-7-21)16-24-13-18-4-5-19(14-24)20(18)15-23-10-8-22(3)9-11-23/h17-20H,4-16H2,1-3H3/t18-,19+,20+. The van der Waals surface area contributed by atoms with E-state index in [4.69, 9.17) is 0 Å². The quantitative estimate of drug-likeness (QED) is 0.740. The molecule has 2 aliphatic heterocycles. The Labute approximate surface area is 149 Å². The van der Waals surface area contributed by atoms with E-state index in [0.29, 0.717) is 0 Å². The van der Waals surface area contributed by atoms with Gasteiger partial charge in [0.25, 0.3) is 0 Å². The average molecular weight is 334 g/mol. The van der Waals surface area contributed by atoms with Crippen LogP contribution in [0.1, 0.15) is 46.0 Å². The predicted molar refractivity (Wildman–Crippen MR) is 101 cm³/mol. The first-order valence-corrected chi connectivity index (χ1v) is 10.7. The van der Waals surface area contributed by atoms with Gasteiger partial charge in [-0.1, -0.05) is 13.8 Å². The van der Waals surface area contributed by atoms with Gasteiger partial charge in [-0.15, -0.1) is 0 Å². The monoisotopic (exact) mass is 333 g/mol. The fourth-order valence-corrected chi connectivity index (χ4v) is 6.13. The summed E-state index contributed by atoms with van der Waals surface area (Å²) in [5.74, 6) is 3.88. The molecule has 0 unspecified atom stereocenters. The first-order valence-electron chi connectivity index (χ1n) is 10.7. The summed E-state index contributed by atoms with van der Waals surface area (Å²) < 4.78 is 0. The van der Waals surface area contributed by atoms with Crippen LogP contribution < -0.4 is 0 Å². The topological polar surface area (TPSA) is 9.72 Å². The van der Waals surface area contributed by atoms with Crippen molar-refractivity contribution in [3.05, 3.63) is 0 Å². The zero-order valence-corrected chi connectivity index (χ0v) is 16.3. The molecule has 0 spiro atoms. The molecule has 0 aromatic carbocycles. The van der Waals surface area contributed by atoms with E-state index in [1.54, 1.807) is 0 Å². The van der Waals surface area contributed by atoms with Gasteiger partial charge >= 0.3 is 0 Å². The minimum atomic E-state index is 0.720. The lowest BCUT2D eigenvalue weighted by Gasteiger charge is -2.43. The highest BCUT2D eigenvalue weighted by molar-refractivity contribution is 5.00. The molecule has 4 aliphatic rings. The van der Waals surface area contributed by atoms with Crippen LogP contribution in [0.25, 0.3) is 0 Å². The molecule has 4 fully saturated rings. The van der Waals surface area contributed by atoms with Gasteiger partial charge < -0.3 is 14.7 Å². The van der Waals surface area contributed by atoms with Crippen LogP contribution in [0.5, 0.6) is 0 Å². The summed E-state index contributed by atoms with van der Waals surface area (Å²) in [6.07, 6.45) is 7.49. The Balaban J connectivity index is 1.29. The van der Waals surface area contributed by atoms with Crippen molar-refractivity contribution in [2.75, 3.05) is 59.4 Å². The third kappa shape index (κ3) is 3.83. The molecule has 24 heavy (non-hydrogen) atoms. The molecule has 2 bridgehead atoms. The van der Waals surface area contributed by atoms with E-state index >= 15 is 0 Å². The lowest BCUT2D eigenvalue weighted by Crippen LogP contribution is -2.51. The van der Waals surface area contributed by atoms with Crippen molar-refractivity contribution in [2.24, 2.45) is 29.1 Å². The Morgan fingerprint density at radius 2 is 1.54 bits per heavy atom. The number of nitrogens with zero attached hydrogens (tertiary/aromatic N) is 3. The summed E-state index contributed by atoms with van der Waals surface area (Å²) in [5, 5.41) is 0. The number of hydrogen-bond donors (Lipinski definition) is 0. The Hall–Kier alpha value is -0.120. The Morgan fingerprint density at radius 1 is 0.917 bits per heavy atom. The zero-order valence-electron chi connectivity index (χ0n) is 16.3. The van der Waals surface area contributed by atoms with Gasteiger partial charge in [0.1, 0.15) is 0 Å². The maximum absolute atomic E-state index is 2.89. The van der Waals surface area contributed by atoms with Crippen LogP contribution in [0, 0.1) is 29.1 Å². The summed E-state index contributed by atoms with van der Waals surface area (Å²) >= 11 is 0. The number of piperidine rings is 1. The molecule has 2 saturated carbocycles. The van der Waals surface area contributed by atoms with Gasteiger partial charge in [-0.05, 0) is 68.2 Å². The van der Waals surface area contributed by atoms with E-state index in [0.717, 1.165) is 29.1 Å². The van der Waals surface area contributed by atoms with Crippen LogP contribution in [0.15, 0.2) is 0 Å². The van der Waals surface area contributed by atoms with Gasteiger partial charge in [-0.2, -0.15) is 0 Å². The number of likely N-dealkylation sites (N-methyl/N-ethyl adjacent to an activating group) is 1. The summed E-state index contributed by atoms with van der Waals surface area (Å²) in [4.78, 5) is 8.14. The second kappa shape index (κ2) is 6.89. The van der Waals surface area contributed by atoms with Crippen LogP contribution in [0.4, 0.5) is 0 Å². The van der Waals surface area contributed by atoms with Crippen LogP contribution in [0.3, 0.4) is 0 Å². The second-order valence-corrected chi connectivity index (χ2v) is 10.2. The van der Waals surface area contributed by atoms with Gasteiger partial charge in [0.2, 0.25) is 0 Å². The lowest BCUT2D eigenvalue weighted by molar-refractivity contribution is 0.0502. The highest BCUT2D eigenvalue weighted by Gasteiger charge is 2.48. The van der Waals surface area contributed by atoms with Crippen molar-refractivity contribution >= 4 is 0 Å². The van der Waals surface area contributed by atoms with E-state index in [-0.39, 0.29) is 0 Å². The van der Waals surface area contributed by atoms with Crippen molar-refractivity contribution in [2.45, 2.75) is 46.0 Å². The third-order valence-corrected chi connectivity index (χ3v) is 7.53. The Kier molecular flexibility index (Phi) is 4.96. The van der Waals surface area contributed by atoms with Gasteiger partial charge in [-0.25, -0.2) is 0 Å².